The molecule has 1 aliphatic heterocycles. The lowest BCUT2D eigenvalue weighted by atomic mass is 9.92. The highest BCUT2D eigenvalue weighted by molar-refractivity contribution is 6.38. The summed E-state index contributed by atoms with van der Waals surface area (Å²) < 4.78 is 20.8. The van der Waals surface area contributed by atoms with Crippen LogP contribution < -0.4 is 5.32 Å². The summed E-state index contributed by atoms with van der Waals surface area (Å²) in [4.78, 5) is 83.0. The topological polar surface area (TPSA) is 168 Å². The third kappa shape index (κ3) is 7.84. The summed E-state index contributed by atoms with van der Waals surface area (Å²) >= 11 is 0. The lowest BCUT2D eigenvalue weighted by Crippen LogP contribution is -2.68. The molecule has 1 aliphatic rings. The van der Waals surface area contributed by atoms with Crippen LogP contribution in [0.5, 0.6) is 0 Å². The summed E-state index contributed by atoms with van der Waals surface area (Å²) in [5, 5.41) is 2.44. The number of carbonyl (C=O) groups excluding carboxylic acids is 7. The first-order valence-electron chi connectivity index (χ1n) is 9.90. The van der Waals surface area contributed by atoms with Crippen molar-refractivity contribution in [2.24, 2.45) is 0 Å². The number of Topliss-reactive ketones (excluding diaryl/α,β-unsaturated/α-hetero) is 3. The van der Waals surface area contributed by atoms with Gasteiger partial charge in [-0.1, -0.05) is 6.92 Å². The quantitative estimate of drug-likeness (QED) is 0.256. The molecular weight excluding hydrogens is 430 g/mol. The molecule has 0 aromatic heterocycles. The Bertz CT molecular complexity index is 790. The second kappa shape index (κ2) is 12.0. The first-order chi connectivity index (χ1) is 14.9. The average molecular weight is 457 g/mol. The van der Waals surface area contributed by atoms with Crippen molar-refractivity contribution in [2.45, 2.75) is 84.5 Å². The van der Waals surface area contributed by atoms with Crippen LogP contribution in [0, 0.1) is 0 Å². The third-order valence-electron chi connectivity index (χ3n) is 4.39. The number of ether oxygens (including phenoxy) is 4. The summed E-state index contributed by atoms with van der Waals surface area (Å²) in [5.74, 6) is -5.53. The van der Waals surface area contributed by atoms with Gasteiger partial charge in [0.15, 0.2) is 24.1 Å². The highest BCUT2D eigenvalue weighted by Crippen LogP contribution is 2.28. The first-order valence-corrected chi connectivity index (χ1v) is 9.90. The molecule has 0 aromatic carbocycles. The molecule has 0 spiro atoms. The minimum Gasteiger partial charge on any atom is -0.456 e. The molecule has 0 saturated carbocycles. The molecule has 12 nitrogen and oxygen atoms in total. The largest absolute Gasteiger partial charge is 0.456 e. The summed E-state index contributed by atoms with van der Waals surface area (Å²) in [7, 11) is 0. The number of ketones is 3. The zero-order chi connectivity index (χ0) is 24.6. The Morgan fingerprint density at radius 2 is 1.31 bits per heavy atom. The lowest BCUT2D eigenvalue weighted by Gasteiger charge is -2.44. The van der Waals surface area contributed by atoms with Crippen LogP contribution in [0.15, 0.2) is 0 Å². The number of carbonyl (C=O) groups is 7. The Hall–Kier alpha value is -3.15. The predicted octanol–water partition coefficient (Wildman–Crippen LogP) is -0.460. The second-order valence-electron chi connectivity index (χ2n) is 7.09. The molecule has 1 rings (SSSR count). The van der Waals surface area contributed by atoms with E-state index < -0.39 is 66.0 Å². The van der Waals surface area contributed by atoms with Gasteiger partial charge in [-0.15, -0.1) is 0 Å². The molecule has 1 N–H and O–H groups in total. The Morgan fingerprint density at radius 1 is 0.781 bits per heavy atom. The van der Waals surface area contributed by atoms with Crippen molar-refractivity contribution in [3.8, 4) is 0 Å². The highest BCUT2D eigenvalue weighted by Gasteiger charge is 2.54. The molecule has 0 aliphatic carbocycles. The molecule has 0 radical (unpaired) electrons. The Labute approximate surface area is 184 Å². The maximum absolute atomic E-state index is 12.4. The van der Waals surface area contributed by atoms with Gasteiger partial charge in [-0.3, -0.25) is 33.6 Å². The molecule has 0 aromatic rings. The maximum Gasteiger partial charge on any atom is 0.305 e. The van der Waals surface area contributed by atoms with Gasteiger partial charge in [-0.2, -0.15) is 0 Å². The summed E-state index contributed by atoms with van der Waals surface area (Å²) in [6.07, 6.45) is -6.66. The van der Waals surface area contributed by atoms with Crippen LogP contribution in [-0.2, 0) is 52.5 Å². The normalized spacial score (nSPS) is 24.6. The fourth-order valence-electron chi connectivity index (χ4n) is 3.00. The van der Waals surface area contributed by atoms with E-state index in [2.05, 4.69) is 5.32 Å². The molecule has 32 heavy (non-hydrogen) atoms. The lowest BCUT2D eigenvalue weighted by molar-refractivity contribution is -0.259. The minimum atomic E-state index is -1.76. The van der Waals surface area contributed by atoms with E-state index in [1.54, 1.807) is 6.92 Å². The van der Waals surface area contributed by atoms with Crippen molar-refractivity contribution in [3.05, 3.63) is 0 Å². The van der Waals surface area contributed by atoms with E-state index in [1.165, 1.54) is 0 Å². The van der Waals surface area contributed by atoms with Crippen molar-refractivity contribution < 1.29 is 52.5 Å². The third-order valence-corrected chi connectivity index (χ3v) is 4.39. The summed E-state index contributed by atoms with van der Waals surface area (Å²) in [6, 6.07) is -1.41. The van der Waals surface area contributed by atoms with Crippen molar-refractivity contribution in [3.63, 3.8) is 0 Å². The molecular formula is C20H27NO11. The van der Waals surface area contributed by atoms with E-state index in [0.29, 0.717) is 0 Å². The Balaban J connectivity index is 3.38. The minimum absolute atomic E-state index is 0.0643. The number of nitrogens with one attached hydrogen (secondary N) is 1. The maximum atomic E-state index is 12.4. The Morgan fingerprint density at radius 3 is 1.78 bits per heavy atom. The summed E-state index contributed by atoms with van der Waals surface area (Å²) in [6.45, 7) is 5.67. The molecule has 0 bridgehead atoms. The van der Waals surface area contributed by atoms with Gasteiger partial charge in [-0.05, 0) is 0 Å². The average Bonchev–Trinajstić information content (AvgIpc) is 2.68. The molecule has 5 atom stereocenters. The molecule has 12 heteroatoms. The van der Waals surface area contributed by atoms with E-state index in [1.807, 2.05) is 0 Å². The van der Waals surface area contributed by atoms with Crippen LogP contribution in [0.3, 0.4) is 0 Å². The Kier molecular flexibility index (Phi) is 10.1. The molecule has 1 amide bonds. The van der Waals surface area contributed by atoms with Crippen LogP contribution in [0.2, 0.25) is 0 Å². The zero-order valence-corrected chi connectivity index (χ0v) is 18.5. The van der Waals surface area contributed by atoms with Crippen LogP contribution >= 0.6 is 0 Å². The van der Waals surface area contributed by atoms with Gasteiger partial charge in [-0.25, -0.2) is 0 Å². The van der Waals surface area contributed by atoms with Crippen molar-refractivity contribution >= 4 is 41.2 Å². The van der Waals surface area contributed by atoms with Crippen LogP contribution in [0.25, 0.3) is 0 Å². The van der Waals surface area contributed by atoms with E-state index in [0.717, 1.165) is 27.7 Å². The predicted molar refractivity (Wildman–Crippen MR) is 104 cm³/mol. The monoisotopic (exact) mass is 457 g/mol. The van der Waals surface area contributed by atoms with Crippen LogP contribution in [0.1, 0.15) is 53.9 Å². The van der Waals surface area contributed by atoms with Gasteiger partial charge in [0.1, 0.15) is 11.8 Å². The standard InChI is InChI=1S/C20H27NO11/c1-6-13(26)7-8-14(27)21-15-17(29-10(3)23)19(30-11(4)24)18(16(28)9(2)22)32-20(15)31-12(5)25/h15,17-20H,6-8H2,1-5H3,(H,21,27)/t15?,17-,18?,19+,20+/m1/s1. The zero-order valence-electron chi connectivity index (χ0n) is 18.5. The van der Waals surface area contributed by atoms with E-state index in [9.17, 15) is 33.6 Å². The van der Waals surface area contributed by atoms with Gasteiger partial charge in [0.05, 0.1) is 0 Å². The number of amides is 1. The number of hydrogen-bond donors (Lipinski definition) is 1. The smallest absolute Gasteiger partial charge is 0.305 e. The second-order valence-corrected chi connectivity index (χ2v) is 7.09. The highest BCUT2D eigenvalue weighted by atomic mass is 16.7. The van der Waals surface area contributed by atoms with Gasteiger partial charge in [0.2, 0.25) is 18.0 Å². The fraction of sp³-hybridized carbons (Fsp3) is 0.650. The number of rotatable bonds is 10. The van der Waals surface area contributed by atoms with Crippen LogP contribution in [-0.4, -0.2) is 71.8 Å². The van der Waals surface area contributed by atoms with Gasteiger partial charge in [0.25, 0.3) is 0 Å². The molecule has 1 heterocycles. The van der Waals surface area contributed by atoms with E-state index in [-0.39, 0.29) is 25.0 Å². The van der Waals surface area contributed by atoms with E-state index in [4.69, 9.17) is 18.9 Å². The fourth-order valence-corrected chi connectivity index (χ4v) is 3.00. The number of esters is 3. The molecule has 1 saturated heterocycles. The van der Waals surface area contributed by atoms with E-state index >= 15 is 0 Å². The van der Waals surface area contributed by atoms with Crippen molar-refractivity contribution in [1.82, 2.24) is 5.32 Å². The number of hydrogen-bond acceptors (Lipinski definition) is 11. The first kappa shape index (κ1) is 26.9. The van der Waals surface area contributed by atoms with Crippen LogP contribution in [0.4, 0.5) is 0 Å². The van der Waals surface area contributed by atoms with Crippen molar-refractivity contribution in [1.29, 1.82) is 0 Å². The van der Waals surface area contributed by atoms with Gasteiger partial charge >= 0.3 is 17.9 Å². The van der Waals surface area contributed by atoms with Crippen molar-refractivity contribution in [2.75, 3.05) is 0 Å². The van der Waals surface area contributed by atoms with Gasteiger partial charge in [0, 0.05) is 47.0 Å². The SMILES string of the molecule is CCC(=O)CCC(=O)NC1[C@@H](OC(C)=O)OC(C(=O)C(C)=O)[C@@H](OC(C)=O)[C@@H]1OC(C)=O. The molecule has 1 fully saturated rings. The summed E-state index contributed by atoms with van der Waals surface area (Å²) in [5.41, 5.74) is 0. The molecule has 178 valence electrons. The molecule has 2 unspecified atom stereocenters. The van der Waals surface area contributed by atoms with Gasteiger partial charge < -0.3 is 24.3 Å².